The first-order chi connectivity index (χ1) is 10.1. The molecule has 0 spiro atoms. The molecule has 0 heterocycles. The van der Waals surface area contributed by atoms with Crippen molar-refractivity contribution in [1.82, 2.24) is 10.6 Å². The first-order valence-electron chi connectivity index (χ1n) is 6.84. The fraction of sp³-hybridized carbons (Fsp3) is 0.400. The van der Waals surface area contributed by atoms with Crippen LogP contribution in [0.3, 0.4) is 0 Å². The Morgan fingerprint density at radius 1 is 1.10 bits per heavy atom. The van der Waals surface area contributed by atoms with Crippen LogP contribution >= 0.6 is 0 Å². The van der Waals surface area contributed by atoms with Gasteiger partial charge in [-0.15, -0.1) is 0 Å². The van der Waals surface area contributed by atoms with E-state index in [1.807, 2.05) is 6.07 Å². The number of benzene rings is 1. The number of hydrogen-bond donors (Lipinski definition) is 3. The third-order valence-electron chi connectivity index (χ3n) is 2.89. The topological polar surface area (TPSA) is 102 Å². The lowest BCUT2D eigenvalue weighted by Crippen LogP contribution is -2.35. The van der Waals surface area contributed by atoms with Crippen molar-refractivity contribution in [1.29, 1.82) is 5.26 Å². The van der Waals surface area contributed by atoms with Gasteiger partial charge in [-0.05, 0) is 30.5 Å². The number of unbranched alkanes of at least 4 members (excludes halogenated alkanes) is 2. The fourth-order valence-corrected chi connectivity index (χ4v) is 1.72. The van der Waals surface area contributed by atoms with Gasteiger partial charge in [-0.3, -0.25) is 4.79 Å². The molecule has 0 radical (unpaired) electrons. The first kappa shape index (κ1) is 16.5. The molecule has 21 heavy (non-hydrogen) atoms. The number of carboxylic acid groups (broad SMARTS) is 1. The van der Waals surface area contributed by atoms with E-state index in [4.69, 9.17) is 10.4 Å². The van der Waals surface area contributed by atoms with Crippen LogP contribution in [0.4, 0.5) is 4.79 Å². The molecule has 0 aliphatic rings. The zero-order valence-electron chi connectivity index (χ0n) is 11.8. The molecule has 1 aromatic rings. The lowest BCUT2D eigenvalue weighted by Gasteiger charge is -2.07. The van der Waals surface area contributed by atoms with E-state index in [2.05, 4.69) is 10.6 Å². The van der Waals surface area contributed by atoms with Crippen LogP contribution < -0.4 is 10.6 Å². The Balaban J connectivity index is 2.11. The summed E-state index contributed by atoms with van der Waals surface area (Å²) in [5.74, 6) is -0.789. The Hall–Kier alpha value is -2.55. The van der Waals surface area contributed by atoms with Gasteiger partial charge in [0.25, 0.3) is 0 Å². The van der Waals surface area contributed by atoms with E-state index < -0.39 is 5.97 Å². The molecule has 0 atom stereocenters. The normalized spacial score (nSPS) is 9.67. The summed E-state index contributed by atoms with van der Waals surface area (Å²) in [7, 11) is 0. The van der Waals surface area contributed by atoms with Gasteiger partial charge < -0.3 is 15.7 Å². The SMILES string of the molecule is N#Cc1ccc(CNC(=O)NCCCCCC(=O)O)cc1. The molecule has 0 bridgehead atoms. The molecule has 0 aliphatic heterocycles. The van der Waals surface area contributed by atoms with Crippen molar-refractivity contribution in [2.75, 3.05) is 6.54 Å². The van der Waals surface area contributed by atoms with Crippen LogP contribution in [-0.2, 0) is 11.3 Å². The van der Waals surface area contributed by atoms with Crippen molar-refractivity contribution in [2.24, 2.45) is 0 Å². The summed E-state index contributed by atoms with van der Waals surface area (Å²) in [6.07, 6.45) is 2.34. The summed E-state index contributed by atoms with van der Waals surface area (Å²) in [6, 6.07) is 8.79. The molecule has 6 heteroatoms. The summed E-state index contributed by atoms with van der Waals surface area (Å²) < 4.78 is 0. The smallest absolute Gasteiger partial charge is 0.315 e. The molecule has 2 amide bonds. The van der Waals surface area contributed by atoms with E-state index in [-0.39, 0.29) is 12.5 Å². The van der Waals surface area contributed by atoms with Crippen LogP contribution in [0.15, 0.2) is 24.3 Å². The summed E-state index contributed by atoms with van der Waals surface area (Å²) in [5, 5.41) is 22.6. The molecule has 1 aromatic carbocycles. The molecule has 0 saturated carbocycles. The van der Waals surface area contributed by atoms with Crippen LogP contribution in [0, 0.1) is 11.3 Å². The maximum Gasteiger partial charge on any atom is 0.315 e. The summed E-state index contributed by atoms with van der Waals surface area (Å²) >= 11 is 0. The number of hydrogen-bond acceptors (Lipinski definition) is 3. The molecular weight excluding hydrogens is 270 g/mol. The minimum atomic E-state index is -0.789. The van der Waals surface area contributed by atoms with E-state index in [0.29, 0.717) is 25.1 Å². The standard InChI is InChI=1S/C15H19N3O3/c16-10-12-5-7-13(8-6-12)11-18-15(21)17-9-3-1-2-4-14(19)20/h5-8H,1-4,9,11H2,(H,19,20)(H2,17,18,21). The number of carbonyl (C=O) groups excluding carboxylic acids is 1. The molecule has 112 valence electrons. The second-order valence-corrected chi connectivity index (χ2v) is 4.62. The lowest BCUT2D eigenvalue weighted by atomic mass is 10.1. The minimum Gasteiger partial charge on any atom is -0.481 e. The fourth-order valence-electron chi connectivity index (χ4n) is 1.72. The van der Waals surface area contributed by atoms with Crippen molar-refractivity contribution in [2.45, 2.75) is 32.2 Å². The lowest BCUT2D eigenvalue weighted by molar-refractivity contribution is -0.137. The third kappa shape index (κ3) is 7.57. The van der Waals surface area contributed by atoms with Gasteiger partial charge in [-0.1, -0.05) is 18.6 Å². The minimum absolute atomic E-state index is 0.172. The molecule has 0 aromatic heterocycles. The quantitative estimate of drug-likeness (QED) is 0.637. The van der Waals surface area contributed by atoms with E-state index in [1.54, 1.807) is 24.3 Å². The van der Waals surface area contributed by atoms with Crippen molar-refractivity contribution in [3.8, 4) is 6.07 Å². The molecule has 0 fully saturated rings. The number of rotatable bonds is 8. The number of urea groups is 1. The Labute approximate surface area is 123 Å². The molecule has 0 saturated heterocycles. The van der Waals surface area contributed by atoms with Gasteiger partial charge in [0.2, 0.25) is 0 Å². The van der Waals surface area contributed by atoms with Gasteiger partial charge in [0, 0.05) is 19.5 Å². The Kier molecular flexibility index (Phi) is 7.36. The highest BCUT2D eigenvalue weighted by Crippen LogP contribution is 2.02. The van der Waals surface area contributed by atoms with Gasteiger partial charge in [0.1, 0.15) is 0 Å². The number of nitriles is 1. The molecule has 0 unspecified atom stereocenters. The predicted molar refractivity (Wildman–Crippen MR) is 77.5 cm³/mol. The molecule has 0 aliphatic carbocycles. The number of aliphatic carboxylic acids is 1. The Morgan fingerprint density at radius 3 is 2.43 bits per heavy atom. The van der Waals surface area contributed by atoms with Gasteiger partial charge in [0.15, 0.2) is 0 Å². The molecule has 1 rings (SSSR count). The zero-order valence-corrected chi connectivity index (χ0v) is 11.8. The summed E-state index contributed by atoms with van der Waals surface area (Å²) in [6.45, 7) is 0.926. The van der Waals surface area contributed by atoms with E-state index >= 15 is 0 Å². The Bertz CT molecular complexity index is 506. The second-order valence-electron chi connectivity index (χ2n) is 4.62. The second kappa shape index (κ2) is 9.37. The molecular formula is C15H19N3O3. The van der Waals surface area contributed by atoms with E-state index in [9.17, 15) is 9.59 Å². The Morgan fingerprint density at radius 2 is 1.81 bits per heavy atom. The van der Waals surface area contributed by atoms with Crippen molar-refractivity contribution < 1.29 is 14.7 Å². The van der Waals surface area contributed by atoms with Crippen LogP contribution in [0.2, 0.25) is 0 Å². The average molecular weight is 289 g/mol. The largest absolute Gasteiger partial charge is 0.481 e. The van der Waals surface area contributed by atoms with Gasteiger partial charge in [0.05, 0.1) is 11.6 Å². The van der Waals surface area contributed by atoms with Gasteiger partial charge in [-0.2, -0.15) is 5.26 Å². The highest BCUT2D eigenvalue weighted by molar-refractivity contribution is 5.73. The monoisotopic (exact) mass is 289 g/mol. The third-order valence-corrected chi connectivity index (χ3v) is 2.89. The van der Waals surface area contributed by atoms with E-state index in [0.717, 1.165) is 18.4 Å². The zero-order chi connectivity index (χ0) is 15.5. The number of nitrogens with one attached hydrogen (secondary N) is 2. The highest BCUT2D eigenvalue weighted by atomic mass is 16.4. The van der Waals surface area contributed by atoms with Crippen LogP contribution in [-0.4, -0.2) is 23.7 Å². The van der Waals surface area contributed by atoms with Crippen molar-refractivity contribution in [3.05, 3.63) is 35.4 Å². The van der Waals surface area contributed by atoms with Crippen LogP contribution in [0.5, 0.6) is 0 Å². The van der Waals surface area contributed by atoms with Gasteiger partial charge >= 0.3 is 12.0 Å². The number of carbonyl (C=O) groups is 2. The number of amides is 2. The van der Waals surface area contributed by atoms with E-state index in [1.165, 1.54) is 0 Å². The first-order valence-corrected chi connectivity index (χ1v) is 6.84. The number of nitrogens with zero attached hydrogens (tertiary/aromatic N) is 1. The maximum absolute atomic E-state index is 11.5. The van der Waals surface area contributed by atoms with Gasteiger partial charge in [-0.25, -0.2) is 4.79 Å². The molecule has 3 N–H and O–H groups in total. The number of carboxylic acids is 1. The highest BCUT2D eigenvalue weighted by Gasteiger charge is 2.01. The van der Waals surface area contributed by atoms with Crippen molar-refractivity contribution in [3.63, 3.8) is 0 Å². The summed E-state index contributed by atoms with van der Waals surface area (Å²) in [4.78, 5) is 21.8. The molecule has 6 nitrogen and oxygen atoms in total. The van der Waals surface area contributed by atoms with Crippen molar-refractivity contribution >= 4 is 12.0 Å². The average Bonchev–Trinajstić information content (AvgIpc) is 2.49. The van der Waals surface area contributed by atoms with Crippen LogP contribution in [0.25, 0.3) is 0 Å². The van der Waals surface area contributed by atoms with Crippen LogP contribution in [0.1, 0.15) is 36.8 Å². The maximum atomic E-state index is 11.5. The summed E-state index contributed by atoms with van der Waals surface area (Å²) in [5.41, 5.74) is 1.51. The predicted octanol–water partition coefficient (Wildman–Crippen LogP) is 2.00.